The lowest BCUT2D eigenvalue weighted by atomic mass is 10.2. The summed E-state index contributed by atoms with van der Waals surface area (Å²) in [6.45, 7) is 0.548. The highest BCUT2D eigenvalue weighted by atomic mass is 35.5. The van der Waals surface area contributed by atoms with Crippen LogP contribution in [0.2, 0.25) is 5.15 Å². The third kappa shape index (κ3) is 3.83. The maximum Gasteiger partial charge on any atom is 0.323 e. The fourth-order valence-electron chi connectivity index (χ4n) is 2.62. The summed E-state index contributed by atoms with van der Waals surface area (Å²) in [7, 11) is 2.98. The fourth-order valence-corrected chi connectivity index (χ4v) is 2.81. The minimum absolute atomic E-state index is 0. The van der Waals surface area contributed by atoms with Gasteiger partial charge in [-0.25, -0.2) is 4.98 Å². The van der Waals surface area contributed by atoms with Crippen LogP contribution in [0, 0.1) is 0 Å². The Morgan fingerprint density at radius 2 is 2.12 bits per heavy atom. The Balaban J connectivity index is 0.00000208. The number of fused-ring (bicyclic) bond motifs is 1. The Labute approximate surface area is 150 Å². The average Bonchev–Trinajstić information content (AvgIpc) is 3.03. The highest BCUT2D eigenvalue weighted by molar-refractivity contribution is 6.31. The molecule has 2 heterocycles. The molecule has 0 radical (unpaired) electrons. The van der Waals surface area contributed by atoms with Gasteiger partial charge in [-0.05, 0) is 24.3 Å². The number of aromatic nitrogens is 1. The van der Waals surface area contributed by atoms with Crippen LogP contribution < -0.4 is 14.8 Å². The van der Waals surface area contributed by atoms with E-state index in [2.05, 4.69) is 10.3 Å². The first-order valence-electron chi connectivity index (χ1n) is 7.23. The molecular formula is C16H18Cl2N2O4. The Morgan fingerprint density at radius 1 is 1.33 bits per heavy atom. The van der Waals surface area contributed by atoms with Gasteiger partial charge >= 0.3 is 5.97 Å². The summed E-state index contributed by atoms with van der Waals surface area (Å²) in [5.74, 6) is 0.939. The van der Waals surface area contributed by atoms with Gasteiger partial charge in [0.15, 0.2) is 10.9 Å². The van der Waals surface area contributed by atoms with E-state index in [1.54, 1.807) is 7.11 Å². The number of carbonyl (C=O) groups excluding carboxylic acids is 1. The highest BCUT2D eigenvalue weighted by Gasteiger charge is 2.31. The van der Waals surface area contributed by atoms with Gasteiger partial charge in [0.05, 0.1) is 19.7 Å². The number of carbonyl (C=O) groups is 1. The van der Waals surface area contributed by atoms with Crippen molar-refractivity contribution in [3.05, 3.63) is 29.4 Å². The van der Waals surface area contributed by atoms with Crippen LogP contribution in [-0.2, 0) is 9.53 Å². The molecule has 3 rings (SSSR count). The fraction of sp³-hybridized carbons (Fsp3) is 0.375. The lowest BCUT2D eigenvalue weighted by Crippen LogP contribution is -2.31. The molecule has 1 aliphatic rings. The van der Waals surface area contributed by atoms with E-state index in [0.29, 0.717) is 23.9 Å². The van der Waals surface area contributed by atoms with E-state index in [1.165, 1.54) is 7.11 Å². The van der Waals surface area contributed by atoms with Crippen molar-refractivity contribution in [2.24, 2.45) is 0 Å². The number of rotatable bonds is 4. The van der Waals surface area contributed by atoms with E-state index in [-0.39, 0.29) is 30.5 Å². The Hall–Kier alpha value is -1.76. The van der Waals surface area contributed by atoms with Crippen molar-refractivity contribution in [2.45, 2.75) is 18.6 Å². The normalized spacial score (nSPS) is 19.6. The largest absolute Gasteiger partial charge is 0.497 e. The summed E-state index contributed by atoms with van der Waals surface area (Å²) in [4.78, 5) is 15.9. The highest BCUT2D eigenvalue weighted by Crippen LogP contribution is 2.30. The van der Waals surface area contributed by atoms with E-state index in [1.807, 2.05) is 24.3 Å². The molecule has 8 heteroatoms. The quantitative estimate of drug-likeness (QED) is 0.656. The van der Waals surface area contributed by atoms with E-state index in [9.17, 15) is 4.79 Å². The molecule has 1 aromatic carbocycles. The van der Waals surface area contributed by atoms with Crippen molar-refractivity contribution >= 4 is 40.9 Å². The smallest absolute Gasteiger partial charge is 0.323 e. The number of nitrogens with one attached hydrogen (secondary N) is 1. The van der Waals surface area contributed by atoms with Gasteiger partial charge in [-0.3, -0.25) is 4.79 Å². The molecule has 0 unspecified atom stereocenters. The molecule has 0 saturated carbocycles. The molecule has 130 valence electrons. The predicted octanol–water partition coefficient (Wildman–Crippen LogP) is 2.60. The van der Waals surface area contributed by atoms with Crippen LogP contribution in [-0.4, -0.2) is 43.9 Å². The van der Waals surface area contributed by atoms with Crippen LogP contribution in [0.25, 0.3) is 10.9 Å². The zero-order valence-electron chi connectivity index (χ0n) is 13.2. The first-order valence-corrected chi connectivity index (χ1v) is 7.60. The van der Waals surface area contributed by atoms with Crippen LogP contribution in [0.3, 0.4) is 0 Å². The average molecular weight is 373 g/mol. The Morgan fingerprint density at radius 3 is 2.83 bits per heavy atom. The monoisotopic (exact) mass is 372 g/mol. The summed E-state index contributed by atoms with van der Waals surface area (Å²) in [6, 6.07) is 7.02. The molecule has 0 spiro atoms. The molecular weight excluding hydrogens is 355 g/mol. The second-order valence-corrected chi connectivity index (χ2v) is 5.65. The van der Waals surface area contributed by atoms with Crippen molar-refractivity contribution in [1.82, 2.24) is 10.3 Å². The van der Waals surface area contributed by atoms with Gasteiger partial charge in [0.2, 0.25) is 0 Å². The summed E-state index contributed by atoms with van der Waals surface area (Å²) in [5.41, 5.74) is 0.764. The Kier molecular flexibility index (Phi) is 6.10. The maximum absolute atomic E-state index is 11.5. The number of hydrogen-bond acceptors (Lipinski definition) is 6. The summed E-state index contributed by atoms with van der Waals surface area (Å²) < 4.78 is 15.9. The maximum atomic E-state index is 11.5. The van der Waals surface area contributed by atoms with Gasteiger partial charge in [0, 0.05) is 18.4 Å². The van der Waals surface area contributed by atoms with Crippen LogP contribution in [0.4, 0.5) is 0 Å². The number of pyridine rings is 1. The van der Waals surface area contributed by atoms with Crippen LogP contribution in [0.5, 0.6) is 11.5 Å². The molecule has 0 amide bonds. The van der Waals surface area contributed by atoms with Gasteiger partial charge < -0.3 is 19.5 Å². The zero-order chi connectivity index (χ0) is 16.4. The van der Waals surface area contributed by atoms with Crippen LogP contribution >= 0.6 is 24.0 Å². The van der Waals surface area contributed by atoms with E-state index in [0.717, 1.165) is 16.7 Å². The molecule has 1 aliphatic heterocycles. The van der Waals surface area contributed by atoms with E-state index < -0.39 is 0 Å². The van der Waals surface area contributed by atoms with Crippen LogP contribution in [0.1, 0.15) is 6.42 Å². The first-order chi connectivity index (χ1) is 11.1. The van der Waals surface area contributed by atoms with Gasteiger partial charge in [-0.2, -0.15) is 0 Å². The van der Waals surface area contributed by atoms with Crippen molar-refractivity contribution in [1.29, 1.82) is 0 Å². The molecule has 24 heavy (non-hydrogen) atoms. The molecule has 1 fully saturated rings. The second-order valence-electron chi connectivity index (χ2n) is 5.30. The number of halogens is 2. The number of benzene rings is 1. The number of hydrogen-bond donors (Lipinski definition) is 1. The minimum Gasteiger partial charge on any atom is -0.497 e. The minimum atomic E-state index is -0.350. The zero-order valence-corrected chi connectivity index (χ0v) is 14.8. The SMILES string of the molecule is COC(=O)[C@@H]1C[C@@H](Oc2cc3cc(OC)ccc3nc2Cl)CN1.Cl. The lowest BCUT2D eigenvalue weighted by Gasteiger charge is -2.14. The van der Waals surface area contributed by atoms with Crippen molar-refractivity contribution < 1.29 is 19.0 Å². The molecule has 2 atom stereocenters. The number of methoxy groups -OCH3 is 2. The molecule has 0 bridgehead atoms. The Bertz CT molecular complexity index is 741. The summed E-state index contributed by atoms with van der Waals surface area (Å²) >= 11 is 6.20. The molecule has 6 nitrogen and oxygen atoms in total. The molecule has 1 saturated heterocycles. The topological polar surface area (TPSA) is 69.7 Å². The van der Waals surface area contributed by atoms with E-state index in [4.69, 9.17) is 25.8 Å². The number of nitrogens with zero attached hydrogens (tertiary/aromatic N) is 1. The number of esters is 1. The third-order valence-electron chi connectivity index (χ3n) is 3.81. The van der Waals surface area contributed by atoms with E-state index >= 15 is 0 Å². The van der Waals surface area contributed by atoms with Gasteiger partial charge in [0.1, 0.15) is 17.9 Å². The molecule has 1 N–H and O–H groups in total. The van der Waals surface area contributed by atoms with Crippen molar-refractivity contribution in [3.8, 4) is 11.5 Å². The van der Waals surface area contributed by atoms with Crippen molar-refractivity contribution in [3.63, 3.8) is 0 Å². The third-order valence-corrected chi connectivity index (χ3v) is 4.08. The number of ether oxygens (including phenoxy) is 3. The lowest BCUT2D eigenvalue weighted by molar-refractivity contribution is -0.142. The van der Waals surface area contributed by atoms with Gasteiger partial charge in [0.25, 0.3) is 0 Å². The molecule has 0 aliphatic carbocycles. The van der Waals surface area contributed by atoms with Crippen molar-refractivity contribution in [2.75, 3.05) is 20.8 Å². The summed E-state index contributed by atoms with van der Waals surface area (Å²) in [6.07, 6.45) is 0.362. The standard InChI is InChI=1S/C16H17ClN2O4.ClH/c1-21-10-3-4-12-9(5-10)6-14(15(17)19-12)23-11-7-13(18-8-11)16(20)22-2;/h3-6,11,13,18H,7-8H2,1-2H3;1H/t11-,13+;/m1./s1. The second kappa shape index (κ2) is 7.88. The summed E-state index contributed by atoms with van der Waals surface area (Å²) in [5, 5.41) is 4.24. The molecule has 2 aromatic rings. The predicted molar refractivity (Wildman–Crippen MR) is 93.4 cm³/mol. The molecule has 1 aromatic heterocycles. The first kappa shape index (κ1) is 18.6. The van der Waals surface area contributed by atoms with Gasteiger partial charge in [-0.1, -0.05) is 11.6 Å². The van der Waals surface area contributed by atoms with Gasteiger partial charge in [-0.15, -0.1) is 12.4 Å². The van der Waals surface area contributed by atoms with Crippen LogP contribution in [0.15, 0.2) is 24.3 Å².